The van der Waals surface area contributed by atoms with Crippen molar-refractivity contribution in [2.75, 3.05) is 18.0 Å². The number of halogens is 6. The van der Waals surface area contributed by atoms with Gasteiger partial charge in [0.25, 0.3) is 0 Å². The first-order valence-corrected chi connectivity index (χ1v) is 6.86. The topological polar surface area (TPSA) is 38.8 Å². The van der Waals surface area contributed by atoms with E-state index in [1.807, 2.05) is 0 Å². The zero-order valence-corrected chi connectivity index (χ0v) is 15.3. The molecule has 1 heterocycles. The SMILES string of the molecule is CC(=O)OOC1CCN(c2ccc(C(F)(F)F)cc2C(F)(F)F)C1.[Ca]. The number of carbonyl (C=O) groups is 1. The van der Waals surface area contributed by atoms with Crippen molar-refractivity contribution in [2.45, 2.75) is 31.8 Å². The number of anilines is 1. The molecule has 1 unspecified atom stereocenters. The van der Waals surface area contributed by atoms with Crippen LogP contribution in [0.4, 0.5) is 32.0 Å². The van der Waals surface area contributed by atoms with Crippen LogP contribution in [0.2, 0.25) is 0 Å². The van der Waals surface area contributed by atoms with Gasteiger partial charge in [-0.2, -0.15) is 31.2 Å². The second-order valence-corrected chi connectivity index (χ2v) is 5.26. The molecule has 1 aliphatic rings. The Balaban J connectivity index is 0.00000312. The zero-order chi connectivity index (χ0) is 18.1. The van der Waals surface area contributed by atoms with Gasteiger partial charge in [0.1, 0.15) is 6.10 Å². The van der Waals surface area contributed by atoms with Gasteiger partial charge in [-0.15, -0.1) is 0 Å². The number of carbonyl (C=O) groups excluding carboxylic acids is 1. The van der Waals surface area contributed by atoms with Gasteiger partial charge in [-0.3, -0.25) is 4.89 Å². The van der Waals surface area contributed by atoms with Gasteiger partial charge < -0.3 is 4.90 Å². The van der Waals surface area contributed by atoms with Gasteiger partial charge in [0.05, 0.1) is 11.1 Å². The fourth-order valence-electron chi connectivity index (χ4n) is 2.38. The Morgan fingerprint density at radius 3 is 2.32 bits per heavy atom. The third-order valence-electron chi connectivity index (χ3n) is 3.42. The first-order valence-electron chi connectivity index (χ1n) is 6.86. The van der Waals surface area contributed by atoms with Crippen LogP contribution in [-0.4, -0.2) is 62.9 Å². The third kappa shape index (κ3) is 5.90. The van der Waals surface area contributed by atoms with E-state index in [2.05, 4.69) is 4.89 Å². The van der Waals surface area contributed by atoms with Gasteiger partial charge in [-0.1, -0.05) is 0 Å². The van der Waals surface area contributed by atoms with Gasteiger partial charge in [-0.05, 0) is 24.6 Å². The van der Waals surface area contributed by atoms with Crippen LogP contribution in [0, 0.1) is 0 Å². The Hall–Kier alpha value is -0.710. The Kier molecular flexibility index (Phi) is 7.43. The van der Waals surface area contributed by atoms with Crippen molar-refractivity contribution in [2.24, 2.45) is 0 Å². The monoisotopic (exact) mass is 397 g/mol. The summed E-state index contributed by atoms with van der Waals surface area (Å²) in [7, 11) is 0. The number of rotatable bonds is 3. The maximum absolute atomic E-state index is 13.1. The largest absolute Gasteiger partial charge is 0.418 e. The van der Waals surface area contributed by atoms with Crippen LogP contribution in [0.5, 0.6) is 0 Å². The number of hydrogen-bond acceptors (Lipinski definition) is 4. The van der Waals surface area contributed by atoms with Crippen molar-refractivity contribution < 1.29 is 40.9 Å². The minimum absolute atomic E-state index is 0. The summed E-state index contributed by atoms with van der Waals surface area (Å²) in [5.74, 6) is -0.709. The molecule has 25 heavy (non-hydrogen) atoms. The zero-order valence-electron chi connectivity index (χ0n) is 13.1. The van der Waals surface area contributed by atoms with Crippen molar-refractivity contribution in [3.63, 3.8) is 0 Å². The second-order valence-electron chi connectivity index (χ2n) is 5.26. The van der Waals surface area contributed by atoms with E-state index in [1.165, 1.54) is 4.90 Å². The molecule has 1 aliphatic heterocycles. The van der Waals surface area contributed by atoms with E-state index in [4.69, 9.17) is 4.89 Å². The van der Waals surface area contributed by atoms with Crippen LogP contribution in [-0.2, 0) is 26.9 Å². The molecule has 0 saturated carbocycles. The smallest absolute Gasteiger partial charge is 0.368 e. The summed E-state index contributed by atoms with van der Waals surface area (Å²) in [5, 5.41) is 0. The van der Waals surface area contributed by atoms with Crippen molar-refractivity contribution in [3.8, 4) is 0 Å². The molecule has 0 aromatic heterocycles. The quantitative estimate of drug-likeness (QED) is 0.339. The first-order chi connectivity index (χ1) is 11.0. The van der Waals surface area contributed by atoms with E-state index in [0.29, 0.717) is 6.07 Å². The summed E-state index contributed by atoms with van der Waals surface area (Å²) in [6, 6.07) is 1.49. The van der Waals surface area contributed by atoms with E-state index in [9.17, 15) is 31.1 Å². The molecular weight excluding hydrogens is 384 g/mol. The Morgan fingerprint density at radius 2 is 1.80 bits per heavy atom. The summed E-state index contributed by atoms with van der Waals surface area (Å²) in [4.78, 5) is 21.0. The number of nitrogens with zero attached hydrogens (tertiary/aromatic N) is 1. The molecule has 1 atom stereocenters. The van der Waals surface area contributed by atoms with E-state index in [1.54, 1.807) is 0 Å². The van der Waals surface area contributed by atoms with E-state index >= 15 is 0 Å². The molecule has 0 amide bonds. The third-order valence-corrected chi connectivity index (χ3v) is 3.42. The normalized spacial score (nSPS) is 18.0. The molecule has 0 aliphatic carbocycles. The summed E-state index contributed by atoms with van der Waals surface area (Å²) < 4.78 is 77.3. The van der Waals surface area contributed by atoms with Crippen LogP contribution in [0.3, 0.4) is 0 Å². The molecule has 136 valence electrons. The minimum Gasteiger partial charge on any atom is -0.368 e. The standard InChI is InChI=1S/C14H13F6NO3.Ca/c1-8(22)23-24-10-4-5-21(7-10)12-3-2-9(13(15,16)17)6-11(12)14(18,19)20;/h2-3,6,10H,4-5,7H2,1H3;. The molecule has 1 saturated heterocycles. The molecule has 2 rings (SSSR count). The van der Waals surface area contributed by atoms with Crippen molar-refractivity contribution in [3.05, 3.63) is 29.3 Å². The molecule has 2 radical (unpaired) electrons. The van der Waals surface area contributed by atoms with Crippen LogP contribution < -0.4 is 4.90 Å². The minimum atomic E-state index is -4.94. The van der Waals surface area contributed by atoms with Crippen LogP contribution in [0.15, 0.2) is 18.2 Å². The van der Waals surface area contributed by atoms with Gasteiger partial charge in [0.2, 0.25) is 0 Å². The van der Waals surface area contributed by atoms with Crippen molar-refractivity contribution in [1.82, 2.24) is 0 Å². The van der Waals surface area contributed by atoms with Gasteiger partial charge >= 0.3 is 18.3 Å². The van der Waals surface area contributed by atoms with Crippen molar-refractivity contribution >= 4 is 49.4 Å². The Labute approximate surface area is 169 Å². The van der Waals surface area contributed by atoms with Gasteiger partial charge in [0, 0.05) is 63.4 Å². The molecule has 4 nitrogen and oxygen atoms in total. The Bertz CT molecular complexity index is 620. The fourth-order valence-corrected chi connectivity index (χ4v) is 2.38. The number of hydrogen-bond donors (Lipinski definition) is 0. The summed E-state index contributed by atoms with van der Waals surface area (Å²) >= 11 is 0. The number of benzene rings is 1. The van der Waals surface area contributed by atoms with Crippen LogP contribution in [0.1, 0.15) is 24.5 Å². The fraction of sp³-hybridized carbons (Fsp3) is 0.500. The predicted molar refractivity (Wildman–Crippen MR) is 75.7 cm³/mol. The van der Waals surface area contributed by atoms with Crippen molar-refractivity contribution in [1.29, 1.82) is 0 Å². The summed E-state index contributed by atoms with van der Waals surface area (Å²) in [6.07, 6.45) is -10.2. The number of alkyl halides is 6. The molecule has 11 heteroatoms. The molecule has 0 spiro atoms. The average molecular weight is 397 g/mol. The van der Waals surface area contributed by atoms with Crippen LogP contribution in [0.25, 0.3) is 0 Å². The van der Waals surface area contributed by atoms with Gasteiger partial charge in [-0.25, -0.2) is 4.79 Å². The van der Waals surface area contributed by atoms with E-state index < -0.39 is 35.6 Å². The molecule has 0 N–H and O–H groups in total. The first kappa shape index (κ1) is 22.3. The summed E-state index contributed by atoms with van der Waals surface area (Å²) in [6.45, 7) is 1.19. The van der Waals surface area contributed by atoms with Gasteiger partial charge in [0.15, 0.2) is 0 Å². The molecule has 1 fully saturated rings. The summed E-state index contributed by atoms with van der Waals surface area (Å²) in [5.41, 5.74) is -3.11. The molecule has 0 bridgehead atoms. The van der Waals surface area contributed by atoms with E-state index in [0.717, 1.165) is 13.0 Å². The molecule has 1 aromatic carbocycles. The second kappa shape index (κ2) is 8.32. The maximum atomic E-state index is 13.1. The van der Waals surface area contributed by atoms with Crippen LogP contribution >= 0.6 is 0 Å². The molecular formula is C14H13CaF6NO3. The predicted octanol–water partition coefficient (Wildman–Crippen LogP) is 3.42. The molecule has 1 aromatic rings. The van der Waals surface area contributed by atoms with E-state index in [-0.39, 0.29) is 69.0 Å². The average Bonchev–Trinajstić information content (AvgIpc) is 2.91. The maximum Gasteiger partial charge on any atom is 0.418 e. The Morgan fingerprint density at radius 1 is 1.16 bits per heavy atom.